The van der Waals surface area contributed by atoms with Crippen LogP contribution in [-0.2, 0) is 32.2 Å². The van der Waals surface area contributed by atoms with Gasteiger partial charge in [-0.15, -0.1) is 0 Å². The Kier molecular flexibility index (Phi) is 4.25. The highest BCUT2D eigenvalue weighted by Crippen LogP contribution is 2.35. The van der Waals surface area contributed by atoms with Crippen LogP contribution in [0.2, 0.25) is 0 Å². The number of nitrogens with zero attached hydrogens (tertiary/aromatic N) is 1. The molecular formula is C18H23NO5. The van der Waals surface area contributed by atoms with E-state index in [9.17, 15) is 14.7 Å². The first kappa shape index (κ1) is 16.8. The molecular weight excluding hydrogens is 310 g/mol. The molecule has 2 aliphatic rings. The van der Waals surface area contributed by atoms with Crippen LogP contribution in [0.25, 0.3) is 0 Å². The Morgan fingerprint density at radius 1 is 1.42 bits per heavy atom. The van der Waals surface area contributed by atoms with Crippen molar-refractivity contribution in [2.75, 3.05) is 0 Å². The summed E-state index contributed by atoms with van der Waals surface area (Å²) in [6.07, 6.45) is 4.22. The van der Waals surface area contributed by atoms with Crippen molar-refractivity contribution in [1.29, 1.82) is 0 Å². The van der Waals surface area contributed by atoms with E-state index in [0.29, 0.717) is 12.0 Å². The molecule has 1 aromatic heterocycles. The molecule has 0 fully saturated rings. The smallest absolute Gasteiger partial charge is 0.338 e. The molecule has 0 aliphatic carbocycles. The number of ether oxygens (including phenoxy) is 2. The molecule has 0 saturated heterocycles. The van der Waals surface area contributed by atoms with Gasteiger partial charge in [0, 0.05) is 30.3 Å². The van der Waals surface area contributed by atoms with Crippen LogP contribution in [0.1, 0.15) is 51.0 Å². The number of hydrogen-bond donors (Lipinski definition) is 1. The maximum absolute atomic E-state index is 12.5. The Labute approximate surface area is 141 Å². The van der Waals surface area contributed by atoms with Crippen LogP contribution < -0.4 is 0 Å². The molecule has 0 saturated carbocycles. The lowest BCUT2D eigenvalue weighted by atomic mass is 9.85. The van der Waals surface area contributed by atoms with E-state index in [1.54, 1.807) is 19.9 Å². The van der Waals surface area contributed by atoms with Crippen molar-refractivity contribution in [2.45, 2.75) is 58.5 Å². The molecule has 1 aromatic rings. The minimum atomic E-state index is -1.67. The van der Waals surface area contributed by atoms with E-state index in [-0.39, 0.29) is 25.1 Å². The van der Waals surface area contributed by atoms with Gasteiger partial charge >= 0.3 is 11.9 Å². The number of carbonyl (C=O) groups is 2. The zero-order valence-corrected chi connectivity index (χ0v) is 14.2. The molecule has 6 heteroatoms. The van der Waals surface area contributed by atoms with Gasteiger partial charge in [0.15, 0.2) is 5.60 Å². The maximum Gasteiger partial charge on any atom is 0.338 e. The summed E-state index contributed by atoms with van der Waals surface area (Å²) in [7, 11) is 0. The molecule has 0 radical (unpaired) electrons. The minimum Gasteiger partial charge on any atom is -0.459 e. The Morgan fingerprint density at radius 3 is 2.88 bits per heavy atom. The predicted molar refractivity (Wildman–Crippen MR) is 85.8 cm³/mol. The molecule has 6 nitrogen and oxygen atoms in total. The molecule has 0 bridgehead atoms. The summed E-state index contributed by atoms with van der Waals surface area (Å²) in [5, 5.41) is 10.6. The van der Waals surface area contributed by atoms with E-state index >= 15 is 0 Å². The lowest BCUT2D eigenvalue weighted by Gasteiger charge is -2.29. The number of aromatic nitrogens is 1. The second-order valence-electron chi connectivity index (χ2n) is 6.74. The predicted octanol–water partition coefficient (Wildman–Crippen LogP) is 2.26. The van der Waals surface area contributed by atoms with Crippen LogP contribution in [0.4, 0.5) is 0 Å². The largest absolute Gasteiger partial charge is 0.459 e. The topological polar surface area (TPSA) is 77.8 Å². The first-order valence-corrected chi connectivity index (χ1v) is 8.28. The third kappa shape index (κ3) is 2.75. The summed E-state index contributed by atoms with van der Waals surface area (Å²) in [5.74, 6) is -1.54. The third-order valence-corrected chi connectivity index (χ3v) is 5.15. The number of aryl methyl sites for hydroxylation is 1. The van der Waals surface area contributed by atoms with Crippen molar-refractivity contribution in [2.24, 2.45) is 5.92 Å². The fraction of sp³-hybridized carbons (Fsp3) is 0.556. The van der Waals surface area contributed by atoms with E-state index in [0.717, 1.165) is 17.8 Å². The minimum absolute atomic E-state index is 0.0640. The molecule has 24 heavy (non-hydrogen) atoms. The van der Waals surface area contributed by atoms with Crippen molar-refractivity contribution >= 4 is 11.9 Å². The molecule has 2 aliphatic heterocycles. The highest BCUT2D eigenvalue weighted by molar-refractivity contribution is 5.89. The summed E-state index contributed by atoms with van der Waals surface area (Å²) in [6, 6.07) is 1.86. The van der Waals surface area contributed by atoms with E-state index < -0.39 is 17.5 Å². The third-order valence-electron chi connectivity index (χ3n) is 5.15. The SMILES string of the molecule is C/C=C1/C[C@@H](C)[C@@](C)(O)C(=O)OCc2ccn3c2[C@@H](CC3)OC1=O. The van der Waals surface area contributed by atoms with Gasteiger partial charge in [-0.1, -0.05) is 13.0 Å². The summed E-state index contributed by atoms with van der Waals surface area (Å²) < 4.78 is 13.1. The van der Waals surface area contributed by atoms with E-state index in [1.165, 1.54) is 6.92 Å². The number of esters is 2. The Bertz CT molecular complexity index is 700. The van der Waals surface area contributed by atoms with Gasteiger partial charge in [0.2, 0.25) is 0 Å². The molecule has 1 N–H and O–H groups in total. The number of cyclic esters (lactones) is 1. The second-order valence-corrected chi connectivity index (χ2v) is 6.74. The van der Waals surface area contributed by atoms with Crippen LogP contribution in [0.5, 0.6) is 0 Å². The van der Waals surface area contributed by atoms with Crippen LogP contribution in [0, 0.1) is 5.92 Å². The Hall–Kier alpha value is -2.08. The van der Waals surface area contributed by atoms with Crippen LogP contribution in [0.3, 0.4) is 0 Å². The van der Waals surface area contributed by atoms with Crippen LogP contribution in [0.15, 0.2) is 23.9 Å². The molecule has 0 amide bonds. The molecule has 130 valence electrons. The van der Waals surface area contributed by atoms with Crippen LogP contribution in [-0.4, -0.2) is 27.2 Å². The highest BCUT2D eigenvalue weighted by Gasteiger charge is 2.40. The molecule has 3 atom stereocenters. The standard InChI is InChI=1S/C18H23NO5/c1-4-12-9-11(2)18(3,22)17(21)23-10-13-5-7-19-8-6-14(15(13)19)24-16(12)20/h4-5,7,11,14,22H,6,8-10H2,1-3H3/b12-4-/t11-,14-,18-/m1/s1. The molecule has 0 unspecified atom stereocenters. The Morgan fingerprint density at radius 2 is 2.17 bits per heavy atom. The van der Waals surface area contributed by atoms with E-state index in [1.807, 2.05) is 16.8 Å². The monoisotopic (exact) mass is 333 g/mol. The van der Waals surface area contributed by atoms with Gasteiger partial charge < -0.3 is 19.1 Å². The van der Waals surface area contributed by atoms with Gasteiger partial charge in [-0.2, -0.15) is 0 Å². The quantitative estimate of drug-likeness (QED) is 0.582. The maximum atomic E-state index is 12.5. The molecule has 3 heterocycles. The van der Waals surface area contributed by atoms with Crippen LogP contribution >= 0.6 is 0 Å². The van der Waals surface area contributed by atoms with E-state index in [2.05, 4.69) is 0 Å². The summed E-state index contributed by atoms with van der Waals surface area (Å²) in [5.41, 5.74) is 0.475. The van der Waals surface area contributed by atoms with Crippen molar-refractivity contribution in [3.63, 3.8) is 0 Å². The van der Waals surface area contributed by atoms with Crippen molar-refractivity contribution in [1.82, 2.24) is 4.57 Å². The average Bonchev–Trinajstić information content (AvgIpc) is 3.12. The van der Waals surface area contributed by atoms with Crippen molar-refractivity contribution < 1.29 is 24.2 Å². The second kappa shape index (κ2) is 6.09. The van der Waals surface area contributed by atoms with Gasteiger partial charge in [0.05, 0.1) is 5.69 Å². The van der Waals surface area contributed by atoms with Gasteiger partial charge in [0.1, 0.15) is 12.7 Å². The molecule has 3 rings (SSSR count). The van der Waals surface area contributed by atoms with Gasteiger partial charge in [-0.05, 0) is 32.3 Å². The number of allylic oxidation sites excluding steroid dienone is 1. The van der Waals surface area contributed by atoms with Gasteiger partial charge in [-0.25, -0.2) is 9.59 Å². The highest BCUT2D eigenvalue weighted by atomic mass is 16.6. The Balaban J connectivity index is 1.99. The number of aliphatic hydroxyl groups is 1. The van der Waals surface area contributed by atoms with E-state index in [4.69, 9.17) is 9.47 Å². The lowest BCUT2D eigenvalue weighted by molar-refractivity contribution is -0.171. The van der Waals surface area contributed by atoms with Crippen molar-refractivity contribution in [3.05, 3.63) is 35.2 Å². The number of hydrogen-bond acceptors (Lipinski definition) is 5. The zero-order chi connectivity index (χ0) is 17.5. The molecule has 0 spiro atoms. The first-order valence-electron chi connectivity index (χ1n) is 8.28. The number of rotatable bonds is 0. The zero-order valence-electron chi connectivity index (χ0n) is 14.2. The fourth-order valence-electron chi connectivity index (χ4n) is 3.29. The lowest BCUT2D eigenvalue weighted by Crippen LogP contribution is -2.43. The number of carbonyl (C=O) groups excluding carboxylic acids is 2. The summed E-state index contributed by atoms with van der Waals surface area (Å²) in [4.78, 5) is 24.9. The first-order chi connectivity index (χ1) is 11.3. The van der Waals surface area contributed by atoms with Gasteiger partial charge in [0.25, 0.3) is 0 Å². The molecule has 0 aromatic carbocycles. The average molecular weight is 333 g/mol. The normalized spacial score (nSPS) is 32.6. The summed E-state index contributed by atoms with van der Waals surface area (Å²) >= 11 is 0. The fourth-order valence-corrected chi connectivity index (χ4v) is 3.29. The summed E-state index contributed by atoms with van der Waals surface area (Å²) in [6.45, 7) is 5.73. The van der Waals surface area contributed by atoms with Gasteiger partial charge in [-0.3, -0.25) is 0 Å². The van der Waals surface area contributed by atoms with Crippen molar-refractivity contribution in [3.8, 4) is 0 Å².